The average molecular weight is 294 g/mol. The van der Waals surface area contributed by atoms with Gasteiger partial charge in [0.1, 0.15) is 0 Å². The molecule has 0 bridgehead atoms. The lowest BCUT2D eigenvalue weighted by Gasteiger charge is -2.29. The molecule has 7 heteroatoms. The lowest BCUT2D eigenvalue weighted by molar-refractivity contribution is 0.315. The van der Waals surface area contributed by atoms with E-state index in [0.717, 1.165) is 24.0 Å². The predicted molar refractivity (Wildman–Crippen MR) is 77.5 cm³/mol. The molecule has 0 saturated carbocycles. The molecule has 1 aliphatic heterocycles. The van der Waals surface area contributed by atoms with Gasteiger partial charge in [0.25, 0.3) is 0 Å². The minimum absolute atomic E-state index is 0.00370. The smallest absolute Gasteiger partial charge is 0.212 e. The van der Waals surface area contributed by atoms with E-state index in [1.807, 2.05) is 31.2 Å². The number of hydrogen-bond donors (Lipinski definition) is 0. The molecule has 20 heavy (non-hydrogen) atoms. The van der Waals surface area contributed by atoms with Crippen LogP contribution in [-0.4, -0.2) is 31.9 Å². The van der Waals surface area contributed by atoms with Crippen molar-refractivity contribution >= 4 is 10.0 Å². The number of aryl methyl sites for hydroxylation is 1. The van der Waals surface area contributed by atoms with Crippen molar-refractivity contribution in [3.05, 3.63) is 45.8 Å². The Bertz CT molecular complexity index is 606. The Hall–Kier alpha value is -1.56. The van der Waals surface area contributed by atoms with Gasteiger partial charge in [-0.25, -0.2) is 12.7 Å². The number of piperidine rings is 1. The molecule has 1 atom stereocenters. The van der Waals surface area contributed by atoms with Crippen LogP contribution in [-0.2, 0) is 15.8 Å². The molecule has 2 rings (SSSR count). The van der Waals surface area contributed by atoms with Gasteiger partial charge in [0.15, 0.2) is 0 Å². The van der Waals surface area contributed by atoms with Gasteiger partial charge in [-0.15, -0.1) is 0 Å². The molecule has 0 amide bonds. The Balaban J connectivity index is 2.09. The summed E-state index contributed by atoms with van der Waals surface area (Å²) in [6, 6.07) is 7.23. The van der Waals surface area contributed by atoms with Crippen LogP contribution in [0.2, 0.25) is 0 Å². The van der Waals surface area contributed by atoms with Crippen molar-refractivity contribution in [3.8, 4) is 0 Å². The summed E-state index contributed by atoms with van der Waals surface area (Å²) >= 11 is 0. The maximum atomic E-state index is 12.4. The van der Waals surface area contributed by atoms with Gasteiger partial charge in [0, 0.05) is 18.0 Å². The molecule has 6 nitrogen and oxygen atoms in total. The standard InChI is InChI=1S/C13H18N4O2S/c1-11-4-6-12(7-5-11)10-20(18,19)17-8-2-3-13(9-17)15-16-14/h4-7,13H,2-3,8-10H2,1H3. The first kappa shape index (κ1) is 14.8. The fourth-order valence-corrected chi connectivity index (χ4v) is 3.93. The number of azide groups is 1. The highest BCUT2D eigenvalue weighted by Gasteiger charge is 2.28. The van der Waals surface area contributed by atoms with Gasteiger partial charge >= 0.3 is 0 Å². The third kappa shape index (κ3) is 3.72. The lowest BCUT2D eigenvalue weighted by atomic mass is 10.1. The Kier molecular flexibility index (Phi) is 4.65. The Labute approximate surface area is 119 Å². The van der Waals surface area contributed by atoms with E-state index in [0.29, 0.717) is 6.54 Å². The van der Waals surface area contributed by atoms with Crippen LogP contribution in [0.3, 0.4) is 0 Å². The van der Waals surface area contributed by atoms with Crippen molar-refractivity contribution in [2.75, 3.05) is 13.1 Å². The van der Waals surface area contributed by atoms with E-state index in [1.54, 1.807) is 0 Å². The maximum Gasteiger partial charge on any atom is 0.218 e. The largest absolute Gasteiger partial charge is 0.218 e. The highest BCUT2D eigenvalue weighted by atomic mass is 32.2. The molecular weight excluding hydrogens is 276 g/mol. The van der Waals surface area contributed by atoms with Crippen LogP contribution in [0.5, 0.6) is 0 Å². The molecule has 0 spiro atoms. The van der Waals surface area contributed by atoms with E-state index in [9.17, 15) is 8.42 Å². The minimum atomic E-state index is -3.35. The molecule has 1 aromatic rings. The average Bonchev–Trinajstić information content (AvgIpc) is 2.42. The van der Waals surface area contributed by atoms with Gasteiger partial charge in [-0.3, -0.25) is 0 Å². The first-order valence-electron chi connectivity index (χ1n) is 6.59. The zero-order chi connectivity index (χ0) is 14.6. The molecule has 108 valence electrons. The zero-order valence-corrected chi connectivity index (χ0v) is 12.3. The highest BCUT2D eigenvalue weighted by Crippen LogP contribution is 2.19. The molecule has 0 N–H and O–H groups in total. The first-order valence-corrected chi connectivity index (χ1v) is 8.20. The van der Waals surface area contributed by atoms with Crippen LogP contribution >= 0.6 is 0 Å². The van der Waals surface area contributed by atoms with E-state index in [2.05, 4.69) is 10.0 Å². The van der Waals surface area contributed by atoms with Gasteiger partial charge in [-0.05, 0) is 30.9 Å². The summed E-state index contributed by atoms with van der Waals surface area (Å²) in [5, 5.41) is 3.64. The molecule has 1 unspecified atom stereocenters. The van der Waals surface area contributed by atoms with E-state index in [-0.39, 0.29) is 18.3 Å². The quantitative estimate of drug-likeness (QED) is 0.485. The molecule has 0 radical (unpaired) electrons. The normalized spacial score (nSPS) is 20.4. The number of rotatable bonds is 4. The second-order valence-corrected chi connectivity index (χ2v) is 7.07. The van der Waals surface area contributed by atoms with Crippen molar-refractivity contribution in [3.63, 3.8) is 0 Å². The number of sulfonamides is 1. The maximum absolute atomic E-state index is 12.4. The minimum Gasteiger partial charge on any atom is -0.212 e. The summed E-state index contributed by atoms with van der Waals surface area (Å²) in [6.45, 7) is 2.76. The Morgan fingerprint density at radius 1 is 1.40 bits per heavy atom. The van der Waals surface area contributed by atoms with Crippen LogP contribution in [0.15, 0.2) is 29.4 Å². The fraction of sp³-hybridized carbons (Fsp3) is 0.538. The molecule has 1 fully saturated rings. The van der Waals surface area contributed by atoms with Crippen molar-refractivity contribution in [1.29, 1.82) is 0 Å². The molecule has 1 saturated heterocycles. The first-order chi connectivity index (χ1) is 9.51. The van der Waals surface area contributed by atoms with Crippen LogP contribution in [0.4, 0.5) is 0 Å². The second kappa shape index (κ2) is 6.26. The van der Waals surface area contributed by atoms with Crippen molar-refractivity contribution in [2.24, 2.45) is 5.11 Å². The Morgan fingerprint density at radius 3 is 2.75 bits per heavy atom. The summed E-state index contributed by atoms with van der Waals surface area (Å²) in [7, 11) is -3.35. The monoisotopic (exact) mass is 294 g/mol. The van der Waals surface area contributed by atoms with Crippen LogP contribution in [0.25, 0.3) is 10.4 Å². The van der Waals surface area contributed by atoms with Crippen LogP contribution in [0, 0.1) is 6.92 Å². The third-order valence-corrected chi connectivity index (χ3v) is 5.25. The SMILES string of the molecule is Cc1ccc(CS(=O)(=O)N2CCCC(N=[N+]=[N-])C2)cc1. The predicted octanol–water partition coefficient (Wildman–Crippen LogP) is 2.60. The molecule has 0 aromatic heterocycles. The van der Waals surface area contributed by atoms with Gasteiger partial charge < -0.3 is 0 Å². The van der Waals surface area contributed by atoms with E-state index in [4.69, 9.17) is 5.53 Å². The summed E-state index contributed by atoms with van der Waals surface area (Å²) in [5.41, 5.74) is 10.3. The summed E-state index contributed by atoms with van der Waals surface area (Å²) in [6.07, 6.45) is 1.48. The number of hydrogen-bond acceptors (Lipinski definition) is 3. The van der Waals surface area contributed by atoms with Crippen molar-refractivity contribution in [2.45, 2.75) is 31.6 Å². The lowest BCUT2D eigenvalue weighted by Crippen LogP contribution is -2.41. The van der Waals surface area contributed by atoms with Crippen molar-refractivity contribution < 1.29 is 8.42 Å². The molecule has 1 heterocycles. The van der Waals surface area contributed by atoms with Crippen LogP contribution < -0.4 is 0 Å². The highest BCUT2D eigenvalue weighted by molar-refractivity contribution is 7.88. The summed E-state index contributed by atoms with van der Waals surface area (Å²) in [4.78, 5) is 2.77. The van der Waals surface area contributed by atoms with Gasteiger partial charge in [0.05, 0.1) is 11.8 Å². The molecule has 1 aliphatic rings. The molecular formula is C13H18N4O2S. The summed E-state index contributed by atoms with van der Waals surface area (Å²) < 4.78 is 26.2. The second-order valence-electron chi connectivity index (χ2n) is 5.10. The van der Waals surface area contributed by atoms with Gasteiger partial charge in [0.2, 0.25) is 10.0 Å². The van der Waals surface area contributed by atoms with Gasteiger partial charge in [-0.2, -0.15) is 0 Å². The van der Waals surface area contributed by atoms with Crippen LogP contribution in [0.1, 0.15) is 24.0 Å². The zero-order valence-electron chi connectivity index (χ0n) is 11.4. The fourth-order valence-electron chi connectivity index (χ4n) is 2.33. The number of benzene rings is 1. The van der Waals surface area contributed by atoms with Crippen molar-refractivity contribution in [1.82, 2.24) is 4.31 Å². The summed E-state index contributed by atoms with van der Waals surface area (Å²) in [5.74, 6) is -0.00370. The number of nitrogens with zero attached hydrogens (tertiary/aromatic N) is 4. The topological polar surface area (TPSA) is 86.1 Å². The molecule has 0 aliphatic carbocycles. The van der Waals surface area contributed by atoms with E-state index >= 15 is 0 Å². The van der Waals surface area contributed by atoms with Gasteiger partial charge in [-0.1, -0.05) is 34.9 Å². The van der Waals surface area contributed by atoms with E-state index in [1.165, 1.54) is 4.31 Å². The van der Waals surface area contributed by atoms with E-state index < -0.39 is 10.0 Å². The third-order valence-electron chi connectivity index (χ3n) is 3.44. The Morgan fingerprint density at radius 2 is 2.10 bits per heavy atom. The molecule has 1 aromatic carbocycles.